The van der Waals surface area contributed by atoms with E-state index in [0.717, 1.165) is 19.5 Å². The summed E-state index contributed by atoms with van der Waals surface area (Å²) in [5.41, 5.74) is 0. The molecular weight excluding hydrogens is 122 g/mol. The monoisotopic (exact) mass is 140 g/mol. The Labute approximate surface area is 65.4 Å². The smallest absolute Gasteiger partial charge is 0.218 e. The Bertz CT molecular complexity index is 61.7. The molecule has 0 rings (SSSR count). The molecule has 56 valence electrons. The zero-order valence-electron chi connectivity index (χ0n) is 7.30. The topological polar surface area (TPSA) is 3.24 Å². The summed E-state index contributed by atoms with van der Waals surface area (Å²) in [4.78, 5) is 2.28. The molecule has 0 radical (unpaired) electrons. The Morgan fingerprint density at radius 3 is 2.30 bits per heavy atom. The van der Waals surface area contributed by atoms with Crippen molar-refractivity contribution in [3.8, 4) is 0 Å². The van der Waals surface area contributed by atoms with E-state index in [1.54, 1.807) is 0 Å². The Kier molecular flexibility index (Phi) is 6.40. The molecule has 1 nitrogen and oxygen atoms in total. The van der Waals surface area contributed by atoms with Gasteiger partial charge in [-0.2, -0.15) is 0 Å². The molecule has 0 spiro atoms. The summed E-state index contributed by atoms with van der Waals surface area (Å²) in [5, 5.41) is 0. The van der Waals surface area contributed by atoms with Gasteiger partial charge in [0.2, 0.25) is 6.42 Å². The van der Waals surface area contributed by atoms with Gasteiger partial charge in [0.25, 0.3) is 0 Å². The molecule has 0 atom stereocenters. The van der Waals surface area contributed by atoms with E-state index in [-0.39, 0.29) is 0 Å². The van der Waals surface area contributed by atoms with Gasteiger partial charge in [0.05, 0.1) is 20.3 Å². The number of rotatable bonds is 6. The van der Waals surface area contributed by atoms with Crippen LogP contribution in [0.1, 0.15) is 20.3 Å². The molecule has 0 saturated carbocycles. The third-order valence-corrected chi connectivity index (χ3v) is 1.34. The molecule has 1 heteroatoms. The molecule has 0 saturated heterocycles. The summed E-state index contributed by atoms with van der Waals surface area (Å²) < 4.78 is 0. The molecule has 10 heavy (non-hydrogen) atoms. The second-order valence-electron chi connectivity index (χ2n) is 2.56. The van der Waals surface area contributed by atoms with Crippen molar-refractivity contribution >= 4 is 0 Å². The van der Waals surface area contributed by atoms with Gasteiger partial charge in [0.1, 0.15) is 25.9 Å². The zero-order chi connectivity index (χ0) is 7.82. The predicted octanol–water partition coefficient (Wildman–Crippen LogP) is 1.96. The fourth-order valence-corrected chi connectivity index (χ4v) is 0.848. The minimum atomic E-state index is 1.08. The average Bonchev–Trinajstić information content (AvgIpc) is 1.89. The first-order valence-corrected chi connectivity index (χ1v) is 3.87. The molecule has 0 N–H and O–H groups in total. The van der Waals surface area contributed by atoms with Crippen molar-refractivity contribution in [3.63, 3.8) is 0 Å². The van der Waals surface area contributed by atoms with Crippen molar-refractivity contribution in [3.05, 3.63) is 19.3 Å². The van der Waals surface area contributed by atoms with E-state index in [4.69, 9.17) is 0 Å². The van der Waals surface area contributed by atoms with Crippen LogP contribution in [0, 0.1) is 19.3 Å². The molecule has 0 aromatic rings. The van der Waals surface area contributed by atoms with Crippen LogP contribution >= 0.6 is 0 Å². The van der Waals surface area contributed by atoms with Crippen LogP contribution in [-0.4, -0.2) is 25.0 Å². The number of nitrogens with zero attached hydrogens (tertiary/aromatic N) is 1. The Balaban J connectivity index is 2.97. The Morgan fingerprint density at radius 2 is 1.80 bits per heavy atom. The van der Waals surface area contributed by atoms with E-state index < -0.39 is 0 Å². The molecule has 0 amide bonds. The van der Waals surface area contributed by atoms with E-state index in [9.17, 15) is 0 Å². The van der Waals surface area contributed by atoms with Crippen molar-refractivity contribution in [2.24, 2.45) is 0 Å². The fraction of sp³-hybridized carbons (Fsp3) is 0.667. The fourth-order valence-electron chi connectivity index (χ4n) is 0.848. The van der Waals surface area contributed by atoms with Crippen molar-refractivity contribution in [1.29, 1.82) is 0 Å². The van der Waals surface area contributed by atoms with Gasteiger partial charge in [-0.1, -0.05) is 0 Å². The number of unbranched alkanes of at least 4 members (excludes halogenated alkanes) is 2. The van der Waals surface area contributed by atoms with Crippen LogP contribution in [-0.2, 0) is 0 Å². The van der Waals surface area contributed by atoms with Crippen molar-refractivity contribution < 1.29 is 0 Å². The van der Waals surface area contributed by atoms with E-state index in [0.29, 0.717) is 0 Å². The molecule has 0 aromatic heterocycles. The maximum atomic E-state index is 2.28. The number of hydrogen-bond acceptors (Lipinski definition) is 1. The van der Waals surface area contributed by atoms with Gasteiger partial charge in [-0.25, -0.2) is 4.90 Å². The lowest BCUT2D eigenvalue weighted by atomic mass is 10.2. The predicted molar refractivity (Wildman–Crippen MR) is 46.4 cm³/mol. The first-order chi connectivity index (χ1) is 4.81. The summed E-state index contributed by atoms with van der Waals surface area (Å²) >= 11 is 0. The molecule has 0 aliphatic heterocycles. The second kappa shape index (κ2) is 6.69. The summed E-state index contributed by atoms with van der Waals surface area (Å²) in [6, 6.07) is 0. The van der Waals surface area contributed by atoms with Gasteiger partial charge in [-0.3, -0.25) is 0 Å². The van der Waals surface area contributed by atoms with E-state index in [1.807, 2.05) is 0 Å². The van der Waals surface area contributed by atoms with Crippen LogP contribution < -0.4 is 0 Å². The largest absolute Gasteiger partial charge is 0.229 e. The maximum absolute atomic E-state index is 2.28. The van der Waals surface area contributed by atoms with E-state index in [2.05, 4.69) is 45.1 Å². The van der Waals surface area contributed by atoms with Crippen LogP contribution in [0.25, 0.3) is 0 Å². The van der Waals surface area contributed by atoms with Gasteiger partial charge in [0.15, 0.2) is 0 Å². The minimum Gasteiger partial charge on any atom is -0.229 e. The molecule has 0 aliphatic carbocycles. The third kappa shape index (κ3) is 5.70. The Morgan fingerprint density at radius 1 is 1.10 bits per heavy atom. The molecular formula is C9H18N+3. The quantitative estimate of drug-likeness (QED) is 0.402. The highest BCUT2D eigenvalue weighted by Gasteiger charge is 2.07. The molecule has 0 unspecified atom stereocenters. The third-order valence-electron chi connectivity index (χ3n) is 1.34. The molecule has 0 bridgehead atoms. The van der Waals surface area contributed by atoms with Gasteiger partial charge < -0.3 is 0 Å². The lowest BCUT2D eigenvalue weighted by Gasteiger charge is -2.02. The van der Waals surface area contributed by atoms with Gasteiger partial charge in [-0.05, 0) is 7.05 Å². The van der Waals surface area contributed by atoms with Gasteiger partial charge >= 0.3 is 0 Å². The SMILES string of the molecule is C[CH+]C[CH+]CN(C)C[CH+]C. The van der Waals surface area contributed by atoms with E-state index in [1.165, 1.54) is 0 Å². The minimum absolute atomic E-state index is 1.08. The summed E-state index contributed by atoms with van der Waals surface area (Å²) in [7, 11) is 2.13. The maximum Gasteiger partial charge on any atom is 0.218 e. The summed E-state index contributed by atoms with van der Waals surface area (Å²) in [5.74, 6) is 0. The zero-order valence-corrected chi connectivity index (χ0v) is 7.30. The van der Waals surface area contributed by atoms with Crippen LogP contribution in [0.4, 0.5) is 0 Å². The Hall–Kier alpha value is -0.430. The highest BCUT2D eigenvalue weighted by molar-refractivity contribution is 4.76. The van der Waals surface area contributed by atoms with Crippen LogP contribution in [0.2, 0.25) is 0 Å². The first kappa shape index (κ1) is 9.57. The van der Waals surface area contributed by atoms with Gasteiger partial charge in [-0.15, -0.1) is 0 Å². The first-order valence-electron chi connectivity index (χ1n) is 3.87. The molecule has 0 heterocycles. The van der Waals surface area contributed by atoms with Crippen LogP contribution in [0.15, 0.2) is 0 Å². The second-order valence-corrected chi connectivity index (χ2v) is 2.56. The highest BCUT2D eigenvalue weighted by Crippen LogP contribution is 1.93. The summed E-state index contributed by atoms with van der Waals surface area (Å²) in [6.07, 6.45) is 7.74. The normalized spacial score (nSPS) is 9.60. The van der Waals surface area contributed by atoms with Crippen molar-refractivity contribution in [1.82, 2.24) is 4.90 Å². The van der Waals surface area contributed by atoms with Crippen LogP contribution in [0.3, 0.4) is 0 Å². The molecule has 0 aliphatic rings. The van der Waals surface area contributed by atoms with Crippen LogP contribution in [0.5, 0.6) is 0 Å². The summed E-state index contributed by atoms with van der Waals surface area (Å²) in [6.45, 7) is 6.35. The van der Waals surface area contributed by atoms with Gasteiger partial charge in [0, 0.05) is 0 Å². The number of hydrogen-bond donors (Lipinski definition) is 0. The average molecular weight is 140 g/mol. The molecule has 0 fully saturated rings. The van der Waals surface area contributed by atoms with Crippen molar-refractivity contribution in [2.45, 2.75) is 20.3 Å². The molecule has 0 aromatic carbocycles. The lowest BCUT2D eigenvalue weighted by Crippen LogP contribution is -2.20. The highest BCUT2D eigenvalue weighted by atomic mass is 15.1. The standard InChI is InChI=1S/C9H18N/c1-4-6-7-9-10(3)8-5-2/h4-5,7H,6,8-9H2,1-3H3/q+3. The van der Waals surface area contributed by atoms with E-state index >= 15 is 0 Å². The van der Waals surface area contributed by atoms with Crippen molar-refractivity contribution in [2.75, 3.05) is 20.1 Å². The lowest BCUT2D eigenvalue weighted by molar-refractivity contribution is 0.386.